The molecule has 29 heavy (non-hydrogen) atoms. The Bertz CT molecular complexity index is 1460. The lowest BCUT2D eigenvalue weighted by molar-refractivity contribution is 0.419. The highest BCUT2D eigenvalue weighted by Gasteiger charge is 2.20. The van der Waals surface area contributed by atoms with Crippen molar-refractivity contribution in [1.82, 2.24) is 20.2 Å². The zero-order chi connectivity index (χ0) is 19.4. The SMILES string of the molecule is COc1cc2c(-c3ccc(F)c4[nH]ncc34)c(N)c(=O)[nH]c2c2cccnc12.Cl. The van der Waals surface area contributed by atoms with E-state index in [9.17, 15) is 9.18 Å². The van der Waals surface area contributed by atoms with Crippen molar-refractivity contribution in [1.29, 1.82) is 0 Å². The summed E-state index contributed by atoms with van der Waals surface area (Å²) in [4.78, 5) is 19.8. The van der Waals surface area contributed by atoms with Crippen LogP contribution < -0.4 is 16.0 Å². The second-order valence-electron chi connectivity index (χ2n) is 6.40. The summed E-state index contributed by atoms with van der Waals surface area (Å²) in [6, 6.07) is 8.32. The zero-order valence-corrected chi connectivity index (χ0v) is 15.9. The van der Waals surface area contributed by atoms with Gasteiger partial charge in [0.2, 0.25) is 0 Å². The van der Waals surface area contributed by atoms with E-state index in [1.54, 1.807) is 31.5 Å². The number of nitrogens with one attached hydrogen (secondary N) is 2. The number of nitrogen functional groups attached to an aromatic ring is 1. The summed E-state index contributed by atoms with van der Waals surface area (Å²) in [6.45, 7) is 0. The minimum absolute atomic E-state index is 0. The average molecular weight is 412 g/mol. The lowest BCUT2D eigenvalue weighted by Gasteiger charge is -2.14. The van der Waals surface area contributed by atoms with Crippen LogP contribution in [0.4, 0.5) is 10.1 Å². The van der Waals surface area contributed by atoms with Crippen LogP contribution in [0.5, 0.6) is 5.75 Å². The van der Waals surface area contributed by atoms with Crippen LogP contribution in [0.1, 0.15) is 0 Å². The van der Waals surface area contributed by atoms with Crippen molar-refractivity contribution in [3.8, 4) is 16.9 Å². The molecule has 0 aliphatic heterocycles. The van der Waals surface area contributed by atoms with Crippen LogP contribution in [0.2, 0.25) is 0 Å². The smallest absolute Gasteiger partial charge is 0.272 e. The molecule has 0 amide bonds. The quantitative estimate of drug-likeness (QED) is 0.383. The number of rotatable bonds is 2. The van der Waals surface area contributed by atoms with E-state index in [1.807, 2.05) is 6.07 Å². The number of aromatic nitrogens is 4. The zero-order valence-electron chi connectivity index (χ0n) is 15.1. The van der Waals surface area contributed by atoms with Gasteiger partial charge in [0.05, 0.1) is 18.8 Å². The Balaban J connectivity index is 0.00000205. The molecule has 0 saturated carbocycles. The van der Waals surface area contributed by atoms with Gasteiger partial charge in [-0.2, -0.15) is 5.10 Å². The molecule has 4 N–H and O–H groups in total. The Morgan fingerprint density at radius 3 is 2.76 bits per heavy atom. The molecule has 0 unspecified atom stereocenters. The number of hydrogen-bond donors (Lipinski definition) is 3. The summed E-state index contributed by atoms with van der Waals surface area (Å²) in [5.74, 6) is 0.109. The molecule has 0 spiro atoms. The molecule has 0 fully saturated rings. The fraction of sp³-hybridized carbons (Fsp3) is 0.0500. The fourth-order valence-corrected chi connectivity index (χ4v) is 3.66. The average Bonchev–Trinajstić information content (AvgIpc) is 3.21. The van der Waals surface area contributed by atoms with E-state index in [0.29, 0.717) is 38.7 Å². The van der Waals surface area contributed by atoms with E-state index in [0.717, 1.165) is 5.39 Å². The molecule has 0 atom stereocenters. The summed E-state index contributed by atoms with van der Waals surface area (Å²) in [5, 5.41) is 8.51. The minimum Gasteiger partial charge on any atom is -0.494 e. The van der Waals surface area contributed by atoms with Crippen LogP contribution in [-0.4, -0.2) is 27.3 Å². The third-order valence-electron chi connectivity index (χ3n) is 4.93. The number of benzene rings is 2. The number of aromatic amines is 2. The number of nitrogens with zero attached hydrogens (tertiary/aromatic N) is 2. The van der Waals surface area contributed by atoms with Gasteiger partial charge in [0.25, 0.3) is 5.56 Å². The maximum absolute atomic E-state index is 14.1. The number of methoxy groups -OCH3 is 1. The number of pyridine rings is 2. The summed E-state index contributed by atoms with van der Waals surface area (Å²) in [5.41, 5.74) is 8.34. The van der Waals surface area contributed by atoms with Gasteiger partial charge in [0, 0.05) is 27.9 Å². The second kappa shape index (κ2) is 6.75. The van der Waals surface area contributed by atoms with Gasteiger partial charge in [-0.05, 0) is 29.8 Å². The van der Waals surface area contributed by atoms with Crippen LogP contribution in [0.3, 0.4) is 0 Å². The molecule has 5 rings (SSSR count). The van der Waals surface area contributed by atoms with Gasteiger partial charge in [0.1, 0.15) is 28.3 Å². The molecule has 0 radical (unpaired) electrons. The van der Waals surface area contributed by atoms with Crippen LogP contribution in [0.15, 0.2) is 47.5 Å². The van der Waals surface area contributed by atoms with Crippen LogP contribution in [0, 0.1) is 5.82 Å². The standard InChI is InChI=1S/C20H14FN5O2.ClH/c1-28-14-7-11-15(9-4-5-13(21)18-12(9)8-24-26-18)16(22)20(27)25-17(11)10-3-2-6-23-19(10)14;/h2-8H,22H2,1H3,(H,24,26)(H,25,27);1H. The van der Waals surface area contributed by atoms with Crippen LogP contribution in [-0.2, 0) is 0 Å². The molecular formula is C20H15ClFN5O2. The van der Waals surface area contributed by atoms with E-state index in [4.69, 9.17) is 10.5 Å². The van der Waals surface area contributed by atoms with Gasteiger partial charge >= 0.3 is 0 Å². The molecule has 5 aromatic rings. The van der Waals surface area contributed by atoms with E-state index < -0.39 is 11.4 Å². The van der Waals surface area contributed by atoms with E-state index in [2.05, 4.69) is 20.2 Å². The molecule has 0 saturated heterocycles. The van der Waals surface area contributed by atoms with Crippen molar-refractivity contribution in [3.05, 3.63) is 58.9 Å². The minimum atomic E-state index is -0.434. The van der Waals surface area contributed by atoms with E-state index in [-0.39, 0.29) is 23.6 Å². The highest BCUT2D eigenvalue weighted by molar-refractivity contribution is 6.15. The number of nitrogens with two attached hydrogens (primary N) is 1. The Labute approximate surface area is 169 Å². The first-order valence-electron chi connectivity index (χ1n) is 8.49. The van der Waals surface area contributed by atoms with Crippen molar-refractivity contribution in [2.45, 2.75) is 0 Å². The first kappa shape index (κ1) is 18.7. The largest absolute Gasteiger partial charge is 0.494 e. The Morgan fingerprint density at radius 1 is 1.14 bits per heavy atom. The first-order valence-corrected chi connectivity index (χ1v) is 8.49. The third-order valence-corrected chi connectivity index (χ3v) is 4.93. The number of H-pyrrole nitrogens is 2. The maximum Gasteiger partial charge on any atom is 0.272 e. The number of ether oxygens (including phenoxy) is 1. The molecule has 0 bridgehead atoms. The van der Waals surface area contributed by atoms with Gasteiger partial charge in [-0.25, -0.2) is 4.39 Å². The molecule has 0 aliphatic carbocycles. The number of anilines is 1. The number of hydrogen-bond acceptors (Lipinski definition) is 5. The lowest BCUT2D eigenvalue weighted by atomic mass is 9.95. The van der Waals surface area contributed by atoms with Crippen LogP contribution in [0.25, 0.3) is 43.8 Å². The monoisotopic (exact) mass is 411 g/mol. The van der Waals surface area contributed by atoms with Crippen molar-refractivity contribution in [3.63, 3.8) is 0 Å². The van der Waals surface area contributed by atoms with E-state index >= 15 is 0 Å². The van der Waals surface area contributed by atoms with Crippen molar-refractivity contribution < 1.29 is 9.13 Å². The normalized spacial score (nSPS) is 11.1. The Kier molecular flexibility index (Phi) is 4.35. The van der Waals surface area contributed by atoms with Gasteiger partial charge < -0.3 is 15.5 Å². The molecule has 3 aromatic heterocycles. The highest BCUT2D eigenvalue weighted by Crippen LogP contribution is 2.40. The van der Waals surface area contributed by atoms with Crippen molar-refractivity contribution in [2.24, 2.45) is 0 Å². The van der Waals surface area contributed by atoms with Crippen molar-refractivity contribution >= 4 is 50.8 Å². The molecular weight excluding hydrogens is 397 g/mol. The maximum atomic E-state index is 14.1. The van der Waals surface area contributed by atoms with Crippen molar-refractivity contribution in [2.75, 3.05) is 12.8 Å². The van der Waals surface area contributed by atoms with Gasteiger partial charge in [-0.3, -0.25) is 14.9 Å². The van der Waals surface area contributed by atoms with Gasteiger partial charge in [-0.15, -0.1) is 12.4 Å². The van der Waals surface area contributed by atoms with Gasteiger partial charge in [-0.1, -0.05) is 6.07 Å². The lowest BCUT2D eigenvalue weighted by Crippen LogP contribution is -2.14. The van der Waals surface area contributed by atoms with Crippen LogP contribution >= 0.6 is 12.4 Å². The summed E-state index contributed by atoms with van der Waals surface area (Å²) < 4.78 is 19.7. The molecule has 0 aliphatic rings. The van der Waals surface area contributed by atoms with E-state index in [1.165, 1.54) is 12.3 Å². The number of fused-ring (bicyclic) bond motifs is 4. The molecule has 2 aromatic carbocycles. The second-order valence-corrected chi connectivity index (χ2v) is 6.40. The molecule has 3 heterocycles. The fourth-order valence-electron chi connectivity index (χ4n) is 3.66. The Hall–Kier alpha value is -3.65. The molecule has 9 heteroatoms. The highest BCUT2D eigenvalue weighted by atomic mass is 35.5. The number of halogens is 2. The first-order chi connectivity index (χ1) is 13.6. The predicted octanol–water partition coefficient (Wildman–Crippen LogP) is 3.77. The predicted molar refractivity (Wildman–Crippen MR) is 113 cm³/mol. The third kappa shape index (κ3) is 2.60. The van der Waals surface area contributed by atoms with Gasteiger partial charge in [0.15, 0.2) is 0 Å². The topological polar surface area (TPSA) is 110 Å². The Morgan fingerprint density at radius 2 is 1.97 bits per heavy atom. The summed E-state index contributed by atoms with van der Waals surface area (Å²) >= 11 is 0. The summed E-state index contributed by atoms with van der Waals surface area (Å²) in [6.07, 6.45) is 3.17. The molecule has 146 valence electrons. The molecule has 7 nitrogen and oxygen atoms in total. The summed E-state index contributed by atoms with van der Waals surface area (Å²) in [7, 11) is 1.55.